The van der Waals surface area contributed by atoms with Crippen LogP contribution in [0.5, 0.6) is 11.6 Å². The second-order valence-corrected chi connectivity index (χ2v) is 11.1. The number of fused-ring (bicyclic) bond motifs is 2. The normalized spacial score (nSPS) is 17.1. The molecule has 2 saturated heterocycles. The van der Waals surface area contributed by atoms with Gasteiger partial charge in [-0.05, 0) is 49.9 Å². The van der Waals surface area contributed by atoms with Crippen LogP contribution in [-0.2, 0) is 6.61 Å². The highest BCUT2D eigenvalue weighted by molar-refractivity contribution is 6.35. The van der Waals surface area contributed by atoms with Crippen LogP contribution < -0.4 is 14.8 Å². The lowest BCUT2D eigenvalue weighted by atomic mass is 10.1. The number of aliphatic hydroxyl groups is 1. The van der Waals surface area contributed by atoms with Crippen molar-refractivity contribution < 1.29 is 23.8 Å². The molecule has 0 unspecified atom stereocenters. The third-order valence-corrected chi connectivity index (χ3v) is 8.32. The Kier molecular flexibility index (Phi) is 11.3. The highest BCUT2D eigenvalue weighted by atomic mass is 35.5. The van der Waals surface area contributed by atoms with Crippen LogP contribution in [0.25, 0.3) is 21.9 Å². The minimum Gasteiger partial charge on any atom is -0.488 e. The van der Waals surface area contributed by atoms with E-state index in [1.807, 2.05) is 36.4 Å². The standard InChI is InChI=1S/C30H35ClN4O5.2ClH/c31-24-3-1-6-27-29(24)20(19-39-27)18-38-26-5-2-4-25-23(26)17-28(33-25)40-30(37)32-21-7-11-34(12-8-21)15-16-35-13-9-22(36)10-14-35;;/h1-6,17,19,21-22,33,36H,7-16,18H2,(H,32,37);2*1H. The van der Waals surface area contributed by atoms with E-state index >= 15 is 0 Å². The van der Waals surface area contributed by atoms with Crippen LogP contribution >= 0.6 is 36.4 Å². The van der Waals surface area contributed by atoms with Crippen LogP contribution in [0, 0.1) is 0 Å². The molecule has 0 atom stereocenters. The first-order valence-electron chi connectivity index (χ1n) is 14.0. The van der Waals surface area contributed by atoms with Gasteiger partial charge in [0, 0.05) is 67.7 Å². The number of carbonyl (C=O) groups is 1. The van der Waals surface area contributed by atoms with Gasteiger partial charge in [-0.1, -0.05) is 23.7 Å². The van der Waals surface area contributed by atoms with Crippen molar-refractivity contribution in [1.29, 1.82) is 0 Å². The molecule has 2 fully saturated rings. The van der Waals surface area contributed by atoms with Crippen LogP contribution in [0.2, 0.25) is 5.02 Å². The van der Waals surface area contributed by atoms with Crippen molar-refractivity contribution in [3.05, 3.63) is 59.3 Å². The Morgan fingerprint density at radius 3 is 2.45 bits per heavy atom. The fraction of sp³-hybridized carbons (Fsp3) is 0.433. The van der Waals surface area contributed by atoms with Gasteiger partial charge in [0.25, 0.3) is 0 Å². The summed E-state index contributed by atoms with van der Waals surface area (Å²) in [7, 11) is 0. The summed E-state index contributed by atoms with van der Waals surface area (Å²) in [6.45, 7) is 6.20. The first-order valence-corrected chi connectivity index (χ1v) is 14.4. The number of aromatic amines is 1. The maximum atomic E-state index is 12.7. The van der Waals surface area contributed by atoms with E-state index in [-0.39, 0.29) is 43.6 Å². The SMILES string of the molecule is Cl.Cl.O=C(NC1CCN(CCN2CCC(O)CC2)CC1)Oc1cc2c(OCc3coc4cccc(Cl)c34)cccc2[nH]1. The molecule has 12 heteroatoms. The molecule has 228 valence electrons. The molecular weight excluding hydrogens is 603 g/mol. The number of nitrogens with one attached hydrogen (secondary N) is 2. The Bertz CT molecular complexity index is 1460. The quantitative estimate of drug-likeness (QED) is 0.217. The lowest BCUT2D eigenvalue weighted by molar-refractivity contribution is 0.0739. The van der Waals surface area contributed by atoms with Crippen LogP contribution in [-0.4, -0.2) is 77.4 Å². The molecule has 0 spiro atoms. The van der Waals surface area contributed by atoms with E-state index in [2.05, 4.69) is 20.1 Å². The summed E-state index contributed by atoms with van der Waals surface area (Å²) in [6.07, 6.45) is 4.60. The molecule has 6 rings (SSSR count). The van der Waals surface area contributed by atoms with Crippen molar-refractivity contribution in [2.24, 2.45) is 0 Å². The van der Waals surface area contributed by atoms with Crippen LogP contribution in [0.1, 0.15) is 31.2 Å². The number of nitrogens with zero attached hydrogens (tertiary/aromatic N) is 2. The van der Waals surface area contributed by atoms with E-state index < -0.39 is 6.09 Å². The fourth-order valence-electron chi connectivity index (χ4n) is 5.67. The van der Waals surface area contributed by atoms with Gasteiger partial charge in [-0.15, -0.1) is 24.8 Å². The third-order valence-electron chi connectivity index (χ3n) is 8.01. The minimum atomic E-state index is -0.459. The topological polar surface area (TPSA) is 103 Å². The van der Waals surface area contributed by atoms with E-state index in [0.717, 1.165) is 92.4 Å². The molecule has 2 aromatic heterocycles. The lowest BCUT2D eigenvalue weighted by Gasteiger charge is -2.35. The molecule has 2 aromatic carbocycles. The molecule has 0 aliphatic carbocycles. The van der Waals surface area contributed by atoms with Crippen molar-refractivity contribution in [2.75, 3.05) is 39.3 Å². The largest absolute Gasteiger partial charge is 0.488 e. The number of carbonyl (C=O) groups excluding carboxylic acids is 1. The number of aliphatic hydroxyl groups excluding tert-OH is 1. The number of ether oxygens (including phenoxy) is 2. The number of H-pyrrole nitrogens is 1. The number of piperidine rings is 2. The predicted octanol–water partition coefficient (Wildman–Crippen LogP) is 6.00. The Labute approximate surface area is 262 Å². The van der Waals surface area contributed by atoms with Gasteiger partial charge >= 0.3 is 6.09 Å². The molecular formula is C30H37Cl3N4O5. The van der Waals surface area contributed by atoms with Gasteiger partial charge in [-0.3, -0.25) is 0 Å². The number of hydrogen-bond donors (Lipinski definition) is 3. The van der Waals surface area contributed by atoms with Gasteiger partial charge < -0.3 is 39.1 Å². The Balaban J connectivity index is 0.00000202. The number of benzene rings is 2. The number of furan rings is 1. The van der Waals surface area contributed by atoms with Crippen molar-refractivity contribution in [3.63, 3.8) is 0 Å². The molecule has 2 aliphatic rings. The fourth-order valence-corrected chi connectivity index (χ4v) is 5.96. The highest BCUT2D eigenvalue weighted by Gasteiger charge is 2.23. The van der Waals surface area contributed by atoms with Gasteiger partial charge in [-0.25, -0.2) is 4.79 Å². The lowest BCUT2D eigenvalue weighted by Crippen LogP contribution is -2.47. The summed E-state index contributed by atoms with van der Waals surface area (Å²) in [5.74, 6) is 1.03. The van der Waals surface area contributed by atoms with E-state index in [4.69, 9.17) is 25.5 Å². The second-order valence-electron chi connectivity index (χ2n) is 10.7. The molecule has 4 heterocycles. The first kappa shape index (κ1) is 32.3. The number of aromatic nitrogens is 1. The average molecular weight is 640 g/mol. The van der Waals surface area contributed by atoms with E-state index in [1.54, 1.807) is 12.3 Å². The Morgan fingerprint density at radius 1 is 1.02 bits per heavy atom. The molecule has 0 radical (unpaired) electrons. The zero-order valence-corrected chi connectivity index (χ0v) is 25.6. The molecule has 0 bridgehead atoms. The monoisotopic (exact) mass is 638 g/mol. The average Bonchev–Trinajstić information content (AvgIpc) is 3.57. The summed E-state index contributed by atoms with van der Waals surface area (Å²) in [4.78, 5) is 20.7. The zero-order chi connectivity index (χ0) is 27.5. The molecule has 4 aromatic rings. The Hall–Kier alpha value is -2.66. The van der Waals surface area contributed by atoms with Gasteiger partial charge in [0.05, 0.1) is 22.9 Å². The number of rotatable bonds is 8. The van der Waals surface area contributed by atoms with Crippen molar-refractivity contribution >= 4 is 64.4 Å². The van der Waals surface area contributed by atoms with Crippen molar-refractivity contribution in [2.45, 2.75) is 44.4 Å². The van der Waals surface area contributed by atoms with Gasteiger partial charge in [0.2, 0.25) is 5.88 Å². The molecule has 9 nitrogen and oxygen atoms in total. The van der Waals surface area contributed by atoms with Crippen molar-refractivity contribution in [3.8, 4) is 11.6 Å². The van der Waals surface area contributed by atoms with Crippen LogP contribution in [0.15, 0.2) is 53.1 Å². The maximum Gasteiger partial charge on any atom is 0.414 e. The van der Waals surface area contributed by atoms with Gasteiger partial charge in [0.15, 0.2) is 0 Å². The summed E-state index contributed by atoms with van der Waals surface area (Å²) in [6, 6.07) is 13.1. The molecule has 42 heavy (non-hydrogen) atoms. The van der Waals surface area contributed by atoms with Gasteiger partial charge in [0.1, 0.15) is 17.9 Å². The maximum absolute atomic E-state index is 12.7. The third kappa shape index (κ3) is 7.64. The summed E-state index contributed by atoms with van der Waals surface area (Å²) < 4.78 is 17.4. The van der Waals surface area contributed by atoms with Crippen LogP contribution in [0.3, 0.4) is 0 Å². The highest BCUT2D eigenvalue weighted by Crippen LogP contribution is 2.32. The van der Waals surface area contributed by atoms with E-state index in [9.17, 15) is 9.90 Å². The smallest absolute Gasteiger partial charge is 0.414 e. The number of halogens is 3. The van der Waals surface area contributed by atoms with Crippen molar-refractivity contribution in [1.82, 2.24) is 20.1 Å². The minimum absolute atomic E-state index is 0. The molecule has 2 aliphatic heterocycles. The molecule has 1 amide bonds. The summed E-state index contributed by atoms with van der Waals surface area (Å²) in [5.41, 5.74) is 2.39. The number of hydrogen-bond acceptors (Lipinski definition) is 7. The van der Waals surface area contributed by atoms with E-state index in [1.165, 1.54) is 0 Å². The van der Waals surface area contributed by atoms with Crippen LogP contribution in [0.4, 0.5) is 4.79 Å². The summed E-state index contributed by atoms with van der Waals surface area (Å²) >= 11 is 6.37. The molecule has 0 saturated carbocycles. The number of amides is 1. The zero-order valence-electron chi connectivity index (χ0n) is 23.2. The van der Waals surface area contributed by atoms with E-state index in [0.29, 0.717) is 16.7 Å². The predicted molar refractivity (Wildman–Crippen MR) is 169 cm³/mol. The second kappa shape index (κ2) is 14.7. The molecule has 3 N–H and O–H groups in total. The van der Waals surface area contributed by atoms with Gasteiger partial charge in [-0.2, -0.15) is 0 Å². The number of likely N-dealkylation sites (tertiary alicyclic amines) is 2. The Morgan fingerprint density at radius 2 is 1.71 bits per heavy atom. The first-order chi connectivity index (χ1) is 19.5. The summed E-state index contributed by atoms with van der Waals surface area (Å²) in [5, 5.41) is 15.0.